The van der Waals surface area contributed by atoms with Crippen molar-refractivity contribution in [3.8, 4) is 0 Å². The molecule has 0 unspecified atom stereocenters. The van der Waals surface area contributed by atoms with E-state index in [1.807, 2.05) is 14.8 Å². The molecule has 1 aromatic rings. The normalized spacial score (nSPS) is 11.2. The van der Waals surface area contributed by atoms with Gasteiger partial charge < -0.3 is 0 Å². The molecular weight excluding hydrogens is 315 g/mol. The Labute approximate surface area is 97.8 Å². The zero-order valence-corrected chi connectivity index (χ0v) is 12.3. The zero-order valence-electron chi connectivity index (χ0n) is 9.44. The van der Waals surface area contributed by atoms with E-state index in [9.17, 15) is 9.59 Å². The van der Waals surface area contributed by atoms with E-state index in [4.69, 9.17) is 10.2 Å². The van der Waals surface area contributed by atoms with E-state index < -0.39 is 30.3 Å². The van der Waals surface area contributed by atoms with Crippen molar-refractivity contribution in [3.05, 3.63) is 29.3 Å². The number of aromatic carboxylic acids is 2. The molecule has 0 fully saturated rings. The van der Waals surface area contributed by atoms with E-state index in [0.717, 1.165) is 0 Å². The number of hydrogen-bond donors (Lipinski definition) is 2. The van der Waals surface area contributed by atoms with Crippen LogP contribution in [0.2, 0.25) is 14.8 Å². The van der Waals surface area contributed by atoms with Crippen LogP contribution in [0.1, 0.15) is 20.7 Å². The van der Waals surface area contributed by atoms with Crippen molar-refractivity contribution in [1.82, 2.24) is 0 Å². The van der Waals surface area contributed by atoms with Crippen LogP contribution in [0.4, 0.5) is 0 Å². The molecular formula is C11H14O4Sn. The first-order chi connectivity index (χ1) is 7.25. The van der Waals surface area contributed by atoms with Crippen molar-refractivity contribution in [2.45, 2.75) is 14.8 Å². The van der Waals surface area contributed by atoms with Crippen molar-refractivity contribution in [1.29, 1.82) is 0 Å². The van der Waals surface area contributed by atoms with Crippen molar-refractivity contribution in [2.24, 2.45) is 0 Å². The number of carbonyl (C=O) groups is 2. The van der Waals surface area contributed by atoms with Crippen molar-refractivity contribution >= 4 is 33.9 Å². The van der Waals surface area contributed by atoms with Gasteiger partial charge in [-0.1, -0.05) is 0 Å². The Kier molecular flexibility index (Phi) is 3.62. The number of hydrogen-bond acceptors (Lipinski definition) is 2. The van der Waals surface area contributed by atoms with E-state index in [1.54, 1.807) is 0 Å². The third-order valence-electron chi connectivity index (χ3n) is 2.28. The van der Waals surface area contributed by atoms with Gasteiger partial charge in [0.15, 0.2) is 0 Å². The molecule has 2 N–H and O–H groups in total. The van der Waals surface area contributed by atoms with E-state index in [-0.39, 0.29) is 11.1 Å². The topological polar surface area (TPSA) is 74.6 Å². The standard InChI is InChI=1S/C8H5O4.3CH3.Sn/c9-7(10)5-2-1-3-6(4-5)8(11)12;;;;/h1-3H,(H,9,10)(H,11,12);3*1H3;. The van der Waals surface area contributed by atoms with Gasteiger partial charge in [-0.25, -0.2) is 0 Å². The Morgan fingerprint density at radius 1 is 1.00 bits per heavy atom. The van der Waals surface area contributed by atoms with Crippen LogP contribution in [0.5, 0.6) is 0 Å². The Hall–Kier alpha value is -1.04. The molecule has 1 rings (SSSR count). The monoisotopic (exact) mass is 330 g/mol. The predicted molar refractivity (Wildman–Crippen MR) is 63.3 cm³/mol. The van der Waals surface area contributed by atoms with Crippen molar-refractivity contribution in [3.63, 3.8) is 0 Å². The molecule has 0 spiro atoms. The molecule has 0 aliphatic heterocycles. The van der Waals surface area contributed by atoms with Crippen LogP contribution in [0.25, 0.3) is 0 Å². The van der Waals surface area contributed by atoms with Gasteiger partial charge in [0.1, 0.15) is 0 Å². The minimum atomic E-state index is -2.77. The number of carboxylic acid groups (broad SMARTS) is 2. The zero-order chi connectivity index (χ0) is 12.5. The molecule has 0 bridgehead atoms. The molecule has 1 aromatic carbocycles. The van der Waals surface area contributed by atoms with Crippen LogP contribution >= 0.6 is 0 Å². The van der Waals surface area contributed by atoms with Crippen LogP contribution in [-0.4, -0.2) is 40.5 Å². The van der Waals surface area contributed by atoms with Crippen LogP contribution in [0.3, 0.4) is 0 Å². The molecule has 0 aliphatic carbocycles. The van der Waals surface area contributed by atoms with Gasteiger partial charge in [-0.3, -0.25) is 0 Å². The number of benzene rings is 1. The molecule has 86 valence electrons. The van der Waals surface area contributed by atoms with Gasteiger partial charge in [-0.05, 0) is 0 Å². The second kappa shape index (κ2) is 4.45. The van der Waals surface area contributed by atoms with E-state index in [1.165, 1.54) is 18.2 Å². The average molecular weight is 329 g/mol. The van der Waals surface area contributed by atoms with E-state index >= 15 is 0 Å². The molecule has 0 saturated carbocycles. The SMILES string of the molecule is [CH3][Sn]([CH3])([CH3])[c]1c(C(=O)O)cccc1C(=O)O. The van der Waals surface area contributed by atoms with Crippen LogP contribution in [0, 0.1) is 0 Å². The van der Waals surface area contributed by atoms with Gasteiger partial charge in [0.25, 0.3) is 0 Å². The summed E-state index contributed by atoms with van der Waals surface area (Å²) in [5.41, 5.74) is 0.284. The molecule has 4 nitrogen and oxygen atoms in total. The van der Waals surface area contributed by atoms with Gasteiger partial charge in [0, 0.05) is 0 Å². The summed E-state index contributed by atoms with van der Waals surface area (Å²) in [7, 11) is 0. The fourth-order valence-corrected chi connectivity index (χ4v) is 7.42. The summed E-state index contributed by atoms with van der Waals surface area (Å²) in [5.74, 6) is -2.10. The van der Waals surface area contributed by atoms with Gasteiger partial charge in [-0.15, -0.1) is 0 Å². The second-order valence-corrected chi connectivity index (χ2v) is 18.9. The minimum absolute atomic E-state index is 0.142. The van der Waals surface area contributed by atoms with Crippen molar-refractivity contribution in [2.75, 3.05) is 0 Å². The number of carboxylic acids is 2. The van der Waals surface area contributed by atoms with Gasteiger partial charge in [0.05, 0.1) is 0 Å². The Balaban J connectivity index is 3.60. The Bertz CT molecular complexity index is 414. The number of rotatable bonds is 3. The van der Waals surface area contributed by atoms with E-state index in [2.05, 4.69) is 0 Å². The van der Waals surface area contributed by atoms with Crippen LogP contribution in [0.15, 0.2) is 18.2 Å². The van der Waals surface area contributed by atoms with Crippen molar-refractivity contribution < 1.29 is 19.8 Å². The van der Waals surface area contributed by atoms with E-state index in [0.29, 0.717) is 3.58 Å². The fraction of sp³-hybridized carbons (Fsp3) is 0.273. The summed E-state index contributed by atoms with van der Waals surface area (Å²) >= 11 is -2.77. The predicted octanol–water partition coefficient (Wildman–Crippen LogP) is 1.63. The fourth-order valence-electron chi connectivity index (χ4n) is 1.72. The Morgan fingerprint density at radius 2 is 1.38 bits per heavy atom. The molecule has 0 radical (unpaired) electrons. The molecule has 0 atom stereocenters. The quantitative estimate of drug-likeness (QED) is 0.827. The van der Waals surface area contributed by atoms with Crippen LogP contribution < -0.4 is 3.58 Å². The summed E-state index contributed by atoms with van der Waals surface area (Å²) in [6.45, 7) is 0. The summed E-state index contributed by atoms with van der Waals surface area (Å²) in [6.07, 6.45) is 0. The first-order valence-corrected chi connectivity index (χ1v) is 14.8. The van der Waals surface area contributed by atoms with Gasteiger partial charge >= 0.3 is 97.8 Å². The average Bonchev–Trinajstić information content (AvgIpc) is 2.15. The summed E-state index contributed by atoms with van der Waals surface area (Å²) in [4.78, 5) is 28.2. The first-order valence-electron chi connectivity index (χ1n) is 4.85. The molecule has 0 aliphatic rings. The molecule has 16 heavy (non-hydrogen) atoms. The summed E-state index contributed by atoms with van der Waals surface area (Å²) in [6, 6.07) is 4.44. The summed E-state index contributed by atoms with van der Waals surface area (Å²) in [5, 5.41) is 18.2. The summed E-state index contributed by atoms with van der Waals surface area (Å²) < 4.78 is 0.566. The second-order valence-electron chi connectivity index (χ2n) is 4.59. The third-order valence-corrected chi connectivity index (χ3v) is 8.09. The molecule has 0 saturated heterocycles. The van der Waals surface area contributed by atoms with Crippen LogP contribution in [-0.2, 0) is 0 Å². The van der Waals surface area contributed by atoms with Gasteiger partial charge in [0.2, 0.25) is 0 Å². The first kappa shape index (κ1) is 13.0. The third kappa shape index (κ3) is 2.55. The van der Waals surface area contributed by atoms with Gasteiger partial charge in [-0.2, -0.15) is 0 Å². The molecule has 0 amide bonds. The maximum absolute atomic E-state index is 11.1. The maximum atomic E-state index is 11.1. The molecule has 0 heterocycles. The molecule has 0 aromatic heterocycles. The Morgan fingerprint density at radius 3 is 1.62 bits per heavy atom. The molecule has 5 heteroatoms.